The standard InChI is InChI=1S/C12H20N2O2S/c1-11(2,3)16-10(15)14-7-5-12(9-13,17-4)6-8-14/h5-8H2,1-4H3. The molecule has 0 aliphatic carbocycles. The van der Waals surface area contributed by atoms with Crippen LogP contribution in [-0.2, 0) is 4.74 Å². The first-order valence-corrected chi connectivity index (χ1v) is 6.99. The van der Waals surface area contributed by atoms with E-state index in [1.165, 1.54) is 0 Å². The van der Waals surface area contributed by atoms with Gasteiger partial charge in [-0.15, -0.1) is 11.8 Å². The number of thioether (sulfide) groups is 1. The van der Waals surface area contributed by atoms with Crippen molar-refractivity contribution in [2.24, 2.45) is 0 Å². The van der Waals surface area contributed by atoms with Gasteiger partial charge in [0.05, 0.1) is 6.07 Å². The summed E-state index contributed by atoms with van der Waals surface area (Å²) >= 11 is 1.58. The zero-order valence-electron chi connectivity index (χ0n) is 10.9. The molecular weight excluding hydrogens is 236 g/mol. The third kappa shape index (κ3) is 3.81. The summed E-state index contributed by atoms with van der Waals surface area (Å²) in [6, 6.07) is 2.36. The number of amides is 1. The molecule has 0 saturated carbocycles. The first-order valence-electron chi connectivity index (χ1n) is 5.76. The van der Waals surface area contributed by atoms with Crippen LogP contribution < -0.4 is 0 Å². The van der Waals surface area contributed by atoms with E-state index < -0.39 is 5.60 Å². The average molecular weight is 256 g/mol. The van der Waals surface area contributed by atoms with E-state index in [1.807, 2.05) is 27.0 Å². The topological polar surface area (TPSA) is 53.3 Å². The zero-order valence-corrected chi connectivity index (χ0v) is 11.8. The summed E-state index contributed by atoms with van der Waals surface area (Å²) in [5.41, 5.74) is -0.458. The number of rotatable bonds is 1. The summed E-state index contributed by atoms with van der Waals surface area (Å²) in [7, 11) is 0. The van der Waals surface area contributed by atoms with E-state index in [9.17, 15) is 4.79 Å². The summed E-state index contributed by atoms with van der Waals surface area (Å²) < 4.78 is 4.99. The molecular formula is C12H20N2O2S. The molecule has 1 aliphatic rings. The zero-order chi connectivity index (χ0) is 13.1. The lowest BCUT2D eigenvalue weighted by atomic mass is 9.97. The van der Waals surface area contributed by atoms with Crippen LogP contribution in [0.2, 0.25) is 0 Å². The lowest BCUT2D eigenvalue weighted by molar-refractivity contribution is 0.0208. The summed E-state index contributed by atoms with van der Waals surface area (Å²) in [6.45, 7) is 6.77. The first-order chi connectivity index (χ1) is 7.82. The van der Waals surface area contributed by atoms with Gasteiger partial charge >= 0.3 is 6.09 Å². The average Bonchev–Trinajstić information content (AvgIpc) is 2.27. The molecule has 0 spiro atoms. The van der Waals surface area contributed by atoms with Crippen LogP contribution in [0.3, 0.4) is 0 Å². The van der Waals surface area contributed by atoms with Crippen molar-refractivity contribution < 1.29 is 9.53 Å². The van der Waals surface area contributed by atoms with Gasteiger partial charge in [0, 0.05) is 13.1 Å². The molecule has 17 heavy (non-hydrogen) atoms. The van der Waals surface area contributed by atoms with Crippen molar-refractivity contribution in [2.75, 3.05) is 19.3 Å². The maximum absolute atomic E-state index is 11.8. The molecule has 96 valence electrons. The molecule has 1 saturated heterocycles. The van der Waals surface area contributed by atoms with Gasteiger partial charge in [-0.3, -0.25) is 0 Å². The summed E-state index contributed by atoms with van der Waals surface area (Å²) in [6.07, 6.45) is 3.10. The van der Waals surface area contributed by atoms with E-state index in [0.29, 0.717) is 25.9 Å². The number of hydrogen-bond acceptors (Lipinski definition) is 4. The van der Waals surface area contributed by atoms with Gasteiger partial charge in [0.1, 0.15) is 10.3 Å². The number of piperidine rings is 1. The van der Waals surface area contributed by atoms with Crippen molar-refractivity contribution in [3.8, 4) is 6.07 Å². The molecule has 5 heteroatoms. The molecule has 0 unspecified atom stereocenters. The number of likely N-dealkylation sites (tertiary alicyclic amines) is 1. The highest BCUT2D eigenvalue weighted by molar-refractivity contribution is 8.00. The Morgan fingerprint density at radius 3 is 2.29 bits per heavy atom. The highest BCUT2D eigenvalue weighted by Crippen LogP contribution is 2.34. The van der Waals surface area contributed by atoms with Crippen molar-refractivity contribution in [3.05, 3.63) is 0 Å². The highest BCUT2D eigenvalue weighted by atomic mass is 32.2. The molecule has 4 nitrogen and oxygen atoms in total. The number of carbonyl (C=O) groups excluding carboxylic acids is 1. The smallest absolute Gasteiger partial charge is 0.410 e. The molecule has 0 aromatic rings. The maximum Gasteiger partial charge on any atom is 0.410 e. The molecule has 1 aliphatic heterocycles. The molecule has 1 amide bonds. The van der Waals surface area contributed by atoms with E-state index in [2.05, 4.69) is 6.07 Å². The Balaban J connectivity index is 2.53. The van der Waals surface area contributed by atoms with Crippen LogP contribution in [0.25, 0.3) is 0 Å². The SMILES string of the molecule is CSC1(C#N)CCN(C(=O)OC(C)(C)C)CC1. The monoisotopic (exact) mass is 256 g/mol. The van der Waals surface area contributed by atoms with Crippen molar-refractivity contribution >= 4 is 17.9 Å². The van der Waals surface area contributed by atoms with Crippen LogP contribution in [-0.4, -0.2) is 40.7 Å². The van der Waals surface area contributed by atoms with Gasteiger partial charge in [-0.25, -0.2) is 4.79 Å². The van der Waals surface area contributed by atoms with Crippen LogP contribution in [0.4, 0.5) is 4.79 Å². The minimum absolute atomic E-state index is 0.273. The van der Waals surface area contributed by atoms with Crippen LogP contribution in [0.15, 0.2) is 0 Å². The minimum Gasteiger partial charge on any atom is -0.444 e. The fraction of sp³-hybridized carbons (Fsp3) is 0.833. The fourth-order valence-electron chi connectivity index (χ4n) is 1.74. The second-order valence-corrected chi connectivity index (χ2v) is 6.47. The van der Waals surface area contributed by atoms with Crippen molar-refractivity contribution in [1.29, 1.82) is 5.26 Å². The van der Waals surface area contributed by atoms with E-state index in [4.69, 9.17) is 10.00 Å². The molecule has 0 radical (unpaired) electrons. The maximum atomic E-state index is 11.8. The van der Waals surface area contributed by atoms with E-state index in [-0.39, 0.29) is 10.8 Å². The quantitative estimate of drug-likeness (QED) is 0.723. The number of nitrogens with zero attached hydrogens (tertiary/aromatic N) is 2. The number of ether oxygens (including phenoxy) is 1. The predicted molar refractivity (Wildman–Crippen MR) is 68.9 cm³/mol. The molecule has 0 bridgehead atoms. The summed E-state index contributed by atoms with van der Waals surface area (Å²) in [5.74, 6) is 0. The number of hydrogen-bond donors (Lipinski definition) is 0. The number of nitriles is 1. The van der Waals surface area contributed by atoms with Gasteiger partial charge in [-0.1, -0.05) is 0 Å². The molecule has 0 aromatic heterocycles. The molecule has 0 N–H and O–H groups in total. The lowest BCUT2D eigenvalue weighted by Gasteiger charge is -2.36. The van der Waals surface area contributed by atoms with Crippen molar-refractivity contribution in [3.63, 3.8) is 0 Å². The minimum atomic E-state index is -0.458. The van der Waals surface area contributed by atoms with Gasteiger partial charge < -0.3 is 9.64 Å². The molecule has 1 heterocycles. The van der Waals surface area contributed by atoms with E-state index >= 15 is 0 Å². The molecule has 0 atom stereocenters. The lowest BCUT2D eigenvalue weighted by Crippen LogP contribution is -2.46. The predicted octanol–water partition coefficient (Wildman–Crippen LogP) is 2.64. The number of carbonyl (C=O) groups is 1. The van der Waals surface area contributed by atoms with Crippen LogP contribution in [0.1, 0.15) is 33.6 Å². The third-order valence-corrected chi connectivity index (χ3v) is 4.10. The van der Waals surface area contributed by atoms with Crippen molar-refractivity contribution in [1.82, 2.24) is 4.90 Å². The highest BCUT2D eigenvalue weighted by Gasteiger charge is 2.36. The van der Waals surface area contributed by atoms with Crippen LogP contribution >= 0.6 is 11.8 Å². The van der Waals surface area contributed by atoms with Crippen LogP contribution in [0.5, 0.6) is 0 Å². The van der Waals surface area contributed by atoms with Gasteiger partial charge in [-0.05, 0) is 39.9 Å². The van der Waals surface area contributed by atoms with Gasteiger partial charge in [-0.2, -0.15) is 5.26 Å². The molecule has 0 aromatic carbocycles. The summed E-state index contributed by atoms with van der Waals surface area (Å²) in [5, 5.41) is 9.15. The fourth-order valence-corrected chi connectivity index (χ4v) is 2.42. The Bertz CT molecular complexity index is 322. The Hall–Kier alpha value is -0.890. The second-order valence-electron chi connectivity index (χ2n) is 5.28. The Labute approximate surface area is 107 Å². The van der Waals surface area contributed by atoms with Gasteiger partial charge in [0.2, 0.25) is 0 Å². The van der Waals surface area contributed by atoms with Crippen LogP contribution in [0, 0.1) is 11.3 Å². The van der Waals surface area contributed by atoms with Gasteiger partial charge in [0.15, 0.2) is 0 Å². The van der Waals surface area contributed by atoms with E-state index in [1.54, 1.807) is 16.7 Å². The third-order valence-electron chi connectivity index (χ3n) is 2.82. The largest absolute Gasteiger partial charge is 0.444 e. The normalized spacial score (nSPS) is 19.6. The van der Waals surface area contributed by atoms with Gasteiger partial charge in [0.25, 0.3) is 0 Å². The Morgan fingerprint density at radius 1 is 1.41 bits per heavy atom. The molecule has 1 fully saturated rings. The van der Waals surface area contributed by atoms with Crippen molar-refractivity contribution in [2.45, 2.75) is 44.0 Å². The molecule has 1 rings (SSSR count). The Kier molecular flexibility index (Phi) is 4.31. The second kappa shape index (κ2) is 5.18. The Morgan fingerprint density at radius 2 is 1.94 bits per heavy atom. The van der Waals surface area contributed by atoms with E-state index in [0.717, 1.165) is 0 Å². The first kappa shape index (κ1) is 14.2. The summed E-state index contributed by atoms with van der Waals surface area (Å²) in [4.78, 5) is 13.5.